The van der Waals surface area contributed by atoms with E-state index in [1.807, 2.05) is 6.20 Å². The Bertz CT molecular complexity index is 310. The molecule has 0 amide bonds. The zero-order chi connectivity index (χ0) is 10.7. The molecule has 15 heavy (non-hydrogen) atoms. The third-order valence-electron chi connectivity index (χ3n) is 3.01. The summed E-state index contributed by atoms with van der Waals surface area (Å²) >= 11 is 7.14. The maximum atomic E-state index is 4.44. The van der Waals surface area contributed by atoms with Crippen molar-refractivity contribution in [2.75, 3.05) is 0 Å². The SMILES string of the molecule is Brc1ccc(CC2CCCC(Br)C2)nc1. The maximum absolute atomic E-state index is 4.44. The third-order valence-corrected chi connectivity index (χ3v) is 4.31. The highest BCUT2D eigenvalue weighted by molar-refractivity contribution is 9.10. The minimum Gasteiger partial charge on any atom is -0.260 e. The van der Waals surface area contributed by atoms with E-state index in [9.17, 15) is 0 Å². The molecule has 2 atom stereocenters. The molecule has 1 fully saturated rings. The quantitative estimate of drug-likeness (QED) is 0.734. The first-order valence-corrected chi connectivity index (χ1v) is 7.19. The van der Waals surface area contributed by atoms with Crippen molar-refractivity contribution in [1.29, 1.82) is 0 Å². The van der Waals surface area contributed by atoms with E-state index in [0.29, 0.717) is 0 Å². The van der Waals surface area contributed by atoms with Crippen LogP contribution in [0.4, 0.5) is 0 Å². The van der Waals surface area contributed by atoms with Crippen molar-refractivity contribution < 1.29 is 0 Å². The van der Waals surface area contributed by atoms with Gasteiger partial charge in [0.2, 0.25) is 0 Å². The Morgan fingerprint density at radius 2 is 2.20 bits per heavy atom. The van der Waals surface area contributed by atoms with Gasteiger partial charge in [-0.2, -0.15) is 0 Å². The fourth-order valence-corrected chi connectivity index (χ4v) is 3.32. The lowest BCUT2D eigenvalue weighted by atomic mass is 9.86. The second-order valence-corrected chi connectivity index (χ2v) is 6.51. The normalized spacial score (nSPS) is 26.5. The standard InChI is InChI=1S/C12H15Br2N/c13-10-3-1-2-9(6-10)7-12-5-4-11(14)8-15-12/h4-5,8-10H,1-3,6-7H2. The van der Waals surface area contributed by atoms with Gasteiger partial charge in [0, 0.05) is 21.2 Å². The van der Waals surface area contributed by atoms with Crippen LogP contribution in [-0.4, -0.2) is 9.81 Å². The largest absolute Gasteiger partial charge is 0.260 e. The van der Waals surface area contributed by atoms with Gasteiger partial charge >= 0.3 is 0 Å². The average molecular weight is 333 g/mol. The van der Waals surface area contributed by atoms with Gasteiger partial charge in [0.1, 0.15) is 0 Å². The summed E-state index contributed by atoms with van der Waals surface area (Å²) in [4.78, 5) is 5.16. The summed E-state index contributed by atoms with van der Waals surface area (Å²) in [5.74, 6) is 0.816. The second-order valence-electron chi connectivity index (χ2n) is 4.30. The van der Waals surface area contributed by atoms with Crippen molar-refractivity contribution in [3.05, 3.63) is 28.5 Å². The zero-order valence-corrected chi connectivity index (χ0v) is 11.8. The van der Waals surface area contributed by atoms with Gasteiger partial charge in [0.05, 0.1) is 0 Å². The first-order valence-electron chi connectivity index (χ1n) is 5.48. The molecule has 0 bridgehead atoms. The maximum Gasteiger partial charge on any atom is 0.0413 e. The Kier molecular flexibility index (Phi) is 4.21. The summed E-state index contributed by atoms with van der Waals surface area (Å²) < 4.78 is 1.06. The highest BCUT2D eigenvalue weighted by Crippen LogP contribution is 2.30. The van der Waals surface area contributed by atoms with Gasteiger partial charge in [0.15, 0.2) is 0 Å². The molecule has 82 valence electrons. The van der Waals surface area contributed by atoms with Gasteiger partial charge in [-0.1, -0.05) is 22.4 Å². The molecule has 1 nitrogen and oxygen atoms in total. The molecule has 1 aromatic heterocycles. The van der Waals surface area contributed by atoms with E-state index in [-0.39, 0.29) is 0 Å². The Balaban J connectivity index is 1.93. The van der Waals surface area contributed by atoms with Gasteiger partial charge in [-0.3, -0.25) is 4.98 Å². The molecule has 1 aliphatic rings. The van der Waals surface area contributed by atoms with Gasteiger partial charge in [-0.05, 0) is 59.7 Å². The Labute approximate surface area is 108 Å². The summed E-state index contributed by atoms with van der Waals surface area (Å²) in [7, 11) is 0. The van der Waals surface area contributed by atoms with Crippen molar-refractivity contribution in [2.24, 2.45) is 5.92 Å². The number of hydrogen-bond donors (Lipinski definition) is 0. The van der Waals surface area contributed by atoms with E-state index in [4.69, 9.17) is 0 Å². The minimum atomic E-state index is 0.728. The molecular formula is C12H15Br2N. The van der Waals surface area contributed by atoms with E-state index in [1.165, 1.54) is 31.4 Å². The van der Waals surface area contributed by atoms with Crippen LogP contribution in [0.25, 0.3) is 0 Å². The fraction of sp³-hybridized carbons (Fsp3) is 0.583. The molecule has 1 heterocycles. The molecule has 3 heteroatoms. The van der Waals surface area contributed by atoms with Crippen molar-refractivity contribution in [2.45, 2.75) is 36.9 Å². The number of halogens is 2. The van der Waals surface area contributed by atoms with Crippen molar-refractivity contribution in [1.82, 2.24) is 4.98 Å². The number of rotatable bonds is 2. The summed E-state index contributed by atoms with van der Waals surface area (Å²) in [6, 6.07) is 4.21. The van der Waals surface area contributed by atoms with E-state index in [1.54, 1.807) is 0 Å². The van der Waals surface area contributed by atoms with Gasteiger partial charge in [0.25, 0.3) is 0 Å². The molecule has 0 aliphatic heterocycles. The van der Waals surface area contributed by atoms with Crippen LogP contribution in [0.5, 0.6) is 0 Å². The smallest absolute Gasteiger partial charge is 0.0413 e. The number of hydrogen-bond acceptors (Lipinski definition) is 1. The molecule has 0 saturated heterocycles. The minimum absolute atomic E-state index is 0.728. The molecule has 1 aliphatic carbocycles. The van der Waals surface area contributed by atoms with E-state index < -0.39 is 0 Å². The molecule has 0 aromatic carbocycles. The molecular weight excluding hydrogens is 318 g/mol. The van der Waals surface area contributed by atoms with Crippen LogP contribution in [0.3, 0.4) is 0 Å². The van der Waals surface area contributed by atoms with Crippen LogP contribution in [0.1, 0.15) is 31.4 Å². The topological polar surface area (TPSA) is 12.9 Å². The molecule has 2 rings (SSSR count). The first-order chi connectivity index (χ1) is 7.24. The average Bonchev–Trinajstić information content (AvgIpc) is 2.22. The summed E-state index contributed by atoms with van der Waals surface area (Å²) in [6.07, 6.45) is 8.39. The van der Waals surface area contributed by atoms with E-state index in [2.05, 4.69) is 49.0 Å². The molecule has 2 unspecified atom stereocenters. The summed E-state index contributed by atoms with van der Waals surface area (Å²) in [6.45, 7) is 0. The monoisotopic (exact) mass is 331 g/mol. The van der Waals surface area contributed by atoms with Crippen molar-refractivity contribution in [3.8, 4) is 0 Å². The fourth-order valence-electron chi connectivity index (χ4n) is 2.23. The predicted octanol–water partition coefficient (Wildman–Crippen LogP) is 4.34. The molecule has 1 saturated carbocycles. The van der Waals surface area contributed by atoms with Crippen LogP contribution < -0.4 is 0 Å². The number of aromatic nitrogens is 1. The third kappa shape index (κ3) is 3.56. The van der Waals surface area contributed by atoms with Gasteiger partial charge < -0.3 is 0 Å². The summed E-state index contributed by atoms with van der Waals surface area (Å²) in [5, 5.41) is 0. The molecule has 0 N–H and O–H groups in total. The van der Waals surface area contributed by atoms with Gasteiger partial charge in [-0.25, -0.2) is 0 Å². The Morgan fingerprint density at radius 1 is 1.33 bits per heavy atom. The van der Waals surface area contributed by atoms with Crippen LogP contribution in [0.15, 0.2) is 22.8 Å². The molecule has 1 aromatic rings. The van der Waals surface area contributed by atoms with Crippen molar-refractivity contribution in [3.63, 3.8) is 0 Å². The summed E-state index contributed by atoms with van der Waals surface area (Å²) in [5.41, 5.74) is 1.23. The lowest BCUT2D eigenvalue weighted by molar-refractivity contribution is 0.365. The van der Waals surface area contributed by atoms with Crippen LogP contribution >= 0.6 is 31.9 Å². The van der Waals surface area contributed by atoms with Crippen LogP contribution in [0.2, 0.25) is 0 Å². The Hall–Kier alpha value is 0.110. The Morgan fingerprint density at radius 3 is 2.87 bits per heavy atom. The number of alkyl halides is 1. The molecule has 0 spiro atoms. The van der Waals surface area contributed by atoms with Crippen LogP contribution in [0, 0.1) is 5.92 Å². The number of pyridine rings is 1. The van der Waals surface area contributed by atoms with Gasteiger partial charge in [-0.15, -0.1) is 0 Å². The lowest BCUT2D eigenvalue weighted by Crippen LogP contribution is -2.17. The van der Waals surface area contributed by atoms with Crippen LogP contribution in [-0.2, 0) is 6.42 Å². The lowest BCUT2D eigenvalue weighted by Gasteiger charge is -2.25. The van der Waals surface area contributed by atoms with E-state index >= 15 is 0 Å². The highest BCUT2D eigenvalue weighted by Gasteiger charge is 2.20. The molecule has 0 radical (unpaired) electrons. The first kappa shape index (κ1) is 11.6. The predicted molar refractivity (Wildman–Crippen MR) is 70.3 cm³/mol. The number of nitrogens with zero attached hydrogens (tertiary/aromatic N) is 1. The zero-order valence-electron chi connectivity index (χ0n) is 8.63. The second kappa shape index (κ2) is 5.44. The van der Waals surface area contributed by atoms with Crippen molar-refractivity contribution >= 4 is 31.9 Å². The highest BCUT2D eigenvalue weighted by atomic mass is 79.9. The van der Waals surface area contributed by atoms with E-state index in [0.717, 1.165) is 21.6 Å².